The van der Waals surface area contributed by atoms with Gasteiger partial charge in [-0.3, -0.25) is 9.05 Å². The van der Waals surface area contributed by atoms with E-state index in [2.05, 4.69) is 4.52 Å². The number of rotatable bonds is 9. The van der Waals surface area contributed by atoms with Gasteiger partial charge in [-0.25, -0.2) is 4.57 Å². The Hall–Kier alpha value is -0.0100. The second-order valence-electron chi connectivity index (χ2n) is 5.21. The summed E-state index contributed by atoms with van der Waals surface area (Å²) in [5.41, 5.74) is 0. The second-order valence-corrected chi connectivity index (χ2v) is 6.62. The predicted molar refractivity (Wildman–Crippen MR) is 66.9 cm³/mol. The van der Waals surface area contributed by atoms with Gasteiger partial charge in [0.2, 0.25) is 0 Å². The minimum atomic E-state index is -4.20. The zero-order chi connectivity index (χ0) is 14.4. The number of hydrogen-bond acceptors (Lipinski definition) is 5. The van der Waals surface area contributed by atoms with E-state index in [0.717, 1.165) is 0 Å². The van der Waals surface area contributed by atoms with E-state index in [0.29, 0.717) is 17.4 Å². The van der Waals surface area contributed by atoms with Crippen LogP contribution in [0.5, 0.6) is 0 Å². The van der Waals surface area contributed by atoms with Gasteiger partial charge in [0.15, 0.2) is 0 Å². The Kier molecular flexibility index (Phi) is 7.54. The van der Waals surface area contributed by atoms with Gasteiger partial charge in [-0.05, 0) is 6.42 Å². The molecule has 2 unspecified atom stereocenters. The second kappa shape index (κ2) is 7.55. The fourth-order valence-electron chi connectivity index (χ4n) is 1.30. The van der Waals surface area contributed by atoms with Crippen LogP contribution >= 0.6 is 7.82 Å². The topological polar surface area (TPSA) is 96.2 Å². The van der Waals surface area contributed by atoms with Gasteiger partial charge in [-0.2, -0.15) is 0 Å². The average molecular weight is 286 g/mol. The van der Waals surface area contributed by atoms with Gasteiger partial charge in [0.1, 0.15) is 18.8 Å². The number of aliphatic hydroxyl groups is 2. The minimum absolute atomic E-state index is 0.410. The molecule has 3 atom stereocenters. The van der Waals surface area contributed by atoms with E-state index in [1.165, 1.54) is 0 Å². The maximum Gasteiger partial charge on any atom is 0.472 e. The summed E-state index contributed by atoms with van der Waals surface area (Å²) in [4.78, 5) is 9.47. The SMILES string of the molecule is CCC(C[N+](C)(C)C)OP(=O)(O)OC[C@H](O)CO. The first-order valence-corrected chi connectivity index (χ1v) is 7.34. The van der Waals surface area contributed by atoms with Crippen molar-refractivity contribution in [2.45, 2.75) is 25.6 Å². The molecule has 0 radical (unpaired) electrons. The van der Waals surface area contributed by atoms with Crippen LogP contribution in [0.1, 0.15) is 13.3 Å². The number of phosphoric acid groups is 1. The van der Waals surface area contributed by atoms with Crippen LogP contribution in [0.15, 0.2) is 0 Å². The van der Waals surface area contributed by atoms with Crippen LogP contribution in [0.4, 0.5) is 0 Å². The summed E-state index contributed by atoms with van der Waals surface area (Å²) in [6.07, 6.45) is -1.02. The van der Waals surface area contributed by atoms with Crippen LogP contribution in [0.25, 0.3) is 0 Å². The Labute approximate surface area is 108 Å². The first kappa shape index (κ1) is 18.0. The number of hydrogen-bond donors (Lipinski definition) is 3. The Morgan fingerprint density at radius 3 is 2.28 bits per heavy atom. The fraction of sp³-hybridized carbons (Fsp3) is 1.00. The molecule has 0 aliphatic carbocycles. The molecule has 110 valence electrons. The highest BCUT2D eigenvalue weighted by Crippen LogP contribution is 2.45. The Balaban J connectivity index is 4.31. The highest BCUT2D eigenvalue weighted by Gasteiger charge is 2.29. The van der Waals surface area contributed by atoms with Crippen LogP contribution in [-0.2, 0) is 13.6 Å². The van der Waals surface area contributed by atoms with Crippen molar-refractivity contribution in [3.63, 3.8) is 0 Å². The van der Waals surface area contributed by atoms with Crippen molar-refractivity contribution in [2.24, 2.45) is 0 Å². The van der Waals surface area contributed by atoms with Gasteiger partial charge in [0.25, 0.3) is 0 Å². The fourth-order valence-corrected chi connectivity index (χ4v) is 2.31. The summed E-state index contributed by atoms with van der Waals surface area (Å²) < 4.78 is 21.8. The van der Waals surface area contributed by atoms with Gasteiger partial charge in [-0.15, -0.1) is 0 Å². The maximum absolute atomic E-state index is 11.6. The summed E-state index contributed by atoms with van der Waals surface area (Å²) in [5, 5.41) is 17.6. The van der Waals surface area contributed by atoms with E-state index in [-0.39, 0.29) is 0 Å². The molecule has 0 aromatic heterocycles. The van der Waals surface area contributed by atoms with Crippen molar-refractivity contribution < 1.29 is 33.2 Å². The maximum atomic E-state index is 11.6. The quantitative estimate of drug-likeness (QED) is 0.406. The van der Waals surface area contributed by atoms with Gasteiger partial charge < -0.3 is 19.6 Å². The van der Waals surface area contributed by atoms with Gasteiger partial charge in [0, 0.05) is 0 Å². The van der Waals surface area contributed by atoms with Crippen LogP contribution in [-0.4, -0.2) is 72.7 Å². The number of phosphoric ester groups is 1. The largest absolute Gasteiger partial charge is 0.472 e. The molecule has 0 saturated heterocycles. The van der Waals surface area contributed by atoms with Crippen LogP contribution in [0, 0.1) is 0 Å². The Morgan fingerprint density at radius 2 is 1.89 bits per heavy atom. The summed E-state index contributed by atoms with van der Waals surface area (Å²) in [6.45, 7) is 1.44. The highest BCUT2D eigenvalue weighted by atomic mass is 31.2. The van der Waals surface area contributed by atoms with E-state index >= 15 is 0 Å². The molecule has 3 N–H and O–H groups in total. The molecule has 0 aromatic rings. The monoisotopic (exact) mass is 286 g/mol. The molecular formula is C10H25NO6P+. The third kappa shape index (κ3) is 8.99. The van der Waals surface area contributed by atoms with E-state index < -0.39 is 33.2 Å². The van der Waals surface area contributed by atoms with Gasteiger partial charge in [-0.1, -0.05) is 6.92 Å². The predicted octanol–water partition coefficient (Wildman–Crippen LogP) is -0.0420. The smallest absolute Gasteiger partial charge is 0.394 e. The van der Waals surface area contributed by atoms with Gasteiger partial charge >= 0.3 is 7.82 Å². The summed E-state index contributed by atoms with van der Waals surface area (Å²) >= 11 is 0. The highest BCUT2D eigenvalue weighted by molar-refractivity contribution is 7.47. The first-order valence-electron chi connectivity index (χ1n) is 5.84. The Bertz CT molecular complexity index is 280. The first-order chi connectivity index (χ1) is 8.09. The van der Waals surface area contributed by atoms with E-state index in [1.807, 2.05) is 28.1 Å². The lowest BCUT2D eigenvalue weighted by Gasteiger charge is -2.29. The van der Waals surface area contributed by atoms with Crippen molar-refractivity contribution in [1.29, 1.82) is 0 Å². The molecule has 18 heavy (non-hydrogen) atoms. The lowest BCUT2D eigenvalue weighted by atomic mass is 10.2. The molecule has 0 aliphatic rings. The molecular weight excluding hydrogens is 261 g/mol. The molecule has 0 fully saturated rings. The number of aliphatic hydroxyl groups excluding tert-OH is 2. The van der Waals surface area contributed by atoms with E-state index in [4.69, 9.17) is 14.7 Å². The summed E-state index contributed by atoms with van der Waals surface area (Å²) in [5.74, 6) is 0. The molecule has 0 heterocycles. The van der Waals surface area contributed by atoms with Crippen molar-refractivity contribution >= 4 is 7.82 Å². The summed E-state index contributed by atoms with van der Waals surface area (Å²) in [7, 11) is 1.65. The van der Waals surface area contributed by atoms with E-state index in [9.17, 15) is 9.46 Å². The van der Waals surface area contributed by atoms with Crippen LogP contribution in [0.2, 0.25) is 0 Å². The van der Waals surface area contributed by atoms with Gasteiger partial charge in [0.05, 0.1) is 34.4 Å². The molecule has 0 spiro atoms. The number of likely N-dealkylation sites (N-methyl/N-ethyl adjacent to an activating group) is 1. The van der Waals surface area contributed by atoms with Crippen LogP contribution in [0.3, 0.4) is 0 Å². The normalized spacial score (nSPS) is 19.3. The molecule has 0 rings (SSSR count). The standard InChI is InChI=1S/C10H24NO6P/c1-5-10(6-11(2,3)4)17-18(14,15)16-8-9(13)7-12/h9-10,12-13H,5-8H2,1-4H3/p+1/t9-,10?/m1/s1. The number of quaternary nitrogens is 1. The molecule has 0 aromatic carbocycles. The zero-order valence-corrected chi connectivity index (χ0v) is 12.3. The van der Waals surface area contributed by atoms with Crippen molar-refractivity contribution in [3.05, 3.63) is 0 Å². The zero-order valence-electron chi connectivity index (χ0n) is 11.4. The van der Waals surface area contributed by atoms with E-state index in [1.54, 1.807) is 0 Å². The molecule has 0 saturated carbocycles. The lowest BCUT2D eigenvalue weighted by Crippen LogP contribution is -2.42. The molecule has 7 nitrogen and oxygen atoms in total. The van der Waals surface area contributed by atoms with Crippen molar-refractivity contribution in [3.8, 4) is 0 Å². The Morgan fingerprint density at radius 1 is 1.33 bits per heavy atom. The van der Waals surface area contributed by atoms with Crippen molar-refractivity contribution in [1.82, 2.24) is 0 Å². The molecule has 8 heteroatoms. The molecule has 0 bridgehead atoms. The van der Waals surface area contributed by atoms with Crippen molar-refractivity contribution in [2.75, 3.05) is 40.9 Å². The molecule has 0 aliphatic heterocycles. The molecule has 0 amide bonds. The summed E-state index contributed by atoms with van der Waals surface area (Å²) in [6, 6.07) is 0. The number of nitrogens with zero attached hydrogens (tertiary/aromatic N) is 1. The average Bonchev–Trinajstić information content (AvgIpc) is 2.22. The van der Waals surface area contributed by atoms with Crippen LogP contribution < -0.4 is 0 Å². The lowest BCUT2D eigenvalue weighted by molar-refractivity contribution is -0.873. The minimum Gasteiger partial charge on any atom is -0.394 e. The third-order valence-corrected chi connectivity index (χ3v) is 3.17. The third-order valence-electron chi connectivity index (χ3n) is 2.13.